The predicted octanol–water partition coefficient (Wildman–Crippen LogP) is 4.52. The molecule has 0 unspecified atom stereocenters. The van der Waals surface area contributed by atoms with Gasteiger partial charge in [0.1, 0.15) is 5.82 Å². The molecule has 0 aliphatic heterocycles. The molecule has 11 heteroatoms. The minimum atomic E-state index is -4.61. The molecule has 0 spiro atoms. The fraction of sp³-hybridized carbons (Fsp3) is 0.261. The van der Waals surface area contributed by atoms with Gasteiger partial charge in [0.15, 0.2) is 5.69 Å². The van der Waals surface area contributed by atoms with Crippen LogP contribution in [0.15, 0.2) is 55.0 Å². The lowest BCUT2D eigenvalue weighted by Gasteiger charge is -2.08. The molecule has 34 heavy (non-hydrogen) atoms. The average molecular weight is 493 g/mol. The van der Waals surface area contributed by atoms with E-state index < -0.39 is 27.8 Å². The van der Waals surface area contributed by atoms with Crippen molar-refractivity contribution in [2.75, 3.05) is 5.75 Å². The Morgan fingerprint density at radius 2 is 1.88 bits per heavy atom. The number of aryl methyl sites for hydroxylation is 1. The number of sulfonamides is 1. The molecule has 0 aliphatic carbocycles. The number of hydrogen-bond acceptors (Lipinski definition) is 5. The quantitative estimate of drug-likeness (QED) is 0.499. The van der Waals surface area contributed by atoms with E-state index in [0.29, 0.717) is 23.2 Å². The van der Waals surface area contributed by atoms with Gasteiger partial charge in [0.05, 0.1) is 5.75 Å². The van der Waals surface area contributed by atoms with Crippen molar-refractivity contribution in [2.24, 2.45) is 0 Å². The number of carbonyl (C=O) groups is 1. The number of benzene rings is 1. The summed E-state index contributed by atoms with van der Waals surface area (Å²) in [5.41, 5.74) is 1.27. The molecular formula is C23H23F3N4O3S. The fourth-order valence-electron chi connectivity index (χ4n) is 3.14. The number of alkyl halides is 3. The second-order valence-electron chi connectivity index (χ2n) is 7.62. The Morgan fingerprint density at radius 1 is 1.18 bits per heavy atom. The molecule has 0 fully saturated rings. The molecule has 3 aromatic rings. The van der Waals surface area contributed by atoms with Gasteiger partial charge in [0.25, 0.3) is 0 Å². The van der Waals surface area contributed by atoms with Gasteiger partial charge in [-0.25, -0.2) is 13.4 Å². The molecule has 0 saturated heterocycles. The van der Waals surface area contributed by atoms with Crippen molar-refractivity contribution in [1.29, 1.82) is 0 Å². The molecule has 0 bridgehead atoms. The van der Waals surface area contributed by atoms with Crippen LogP contribution in [0.4, 0.5) is 13.2 Å². The van der Waals surface area contributed by atoms with Gasteiger partial charge >= 0.3 is 6.18 Å². The van der Waals surface area contributed by atoms with Gasteiger partial charge in [0.2, 0.25) is 15.9 Å². The molecule has 0 radical (unpaired) electrons. The number of halogens is 3. The number of amides is 1. The van der Waals surface area contributed by atoms with Gasteiger partial charge in [-0.05, 0) is 42.7 Å². The summed E-state index contributed by atoms with van der Waals surface area (Å²) >= 11 is 0. The van der Waals surface area contributed by atoms with E-state index in [1.807, 2.05) is 4.72 Å². The van der Waals surface area contributed by atoms with E-state index in [4.69, 9.17) is 0 Å². The molecule has 1 amide bonds. The lowest BCUT2D eigenvalue weighted by Crippen LogP contribution is -2.31. The van der Waals surface area contributed by atoms with E-state index in [9.17, 15) is 26.4 Å². The lowest BCUT2D eigenvalue weighted by molar-refractivity contribution is -0.140. The van der Waals surface area contributed by atoms with E-state index >= 15 is 0 Å². The normalized spacial score (nSPS) is 12.3. The molecule has 3 rings (SSSR count). The Bertz CT molecular complexity index is 1300. The number of pyridine rings is 1. The largest absolute Gasteiger partial charge is 0.434 e. The van der Waals surface area contributed by atoms with Crippen LogP contribution in [0.1, 0.15) is 36.6 Å². The number of imidazole rings is 1. The number of nitrogens with zero attached hydrogens (tertiary/aromatic N) is 3. The maximum Gasteiger partial charge on any atom is 0.434 e. The van der Waals surface area contributed by atoms with E-state index in [-0.39, 0.29) is 18.0 Å². The monoisotopic (exact) mass is 492 g/mol. The molecule has 1 N–H and O–H groups in total. The summed E-state index contributed by atoms with van der Waals surface area (Å²) in [4.78, 5) is 19.3. The van der Waals surface area contributed by atoms with Crippen molar-refractivity contribution in [3.63, 3.8) is 0 Å². The molecule has 180 valence electrons. The zero-order chi connectivity index (χ0) is 24.9. The Kier molecular flexibility index (Phi) is 7.55. The fourth-order valence-corrected chi connectivity index (χ4v) is 4.03. The highest BCUT2D eigenvalue weighted by Crippen LogP contribution is 2.32. The Hall–Kier alpha value is -3.47. The van der Waals surface area contributed by atoms with Gasteiger partial charge in [-0.2, -0.15) is 13.2 Å². The van der Waals surface area contributed by atoms with E-state index in [1.165, 1.54) is 16.8 Å². The number of carbonyl (C=O) groups excluding carboxylic acids is 1. The zero-order valence-corrected chi connectivity index (χ0v) is 19.3. The molecular weight excluding hydrogens is 469 g/mol. The molecule has 0 saturated carbocycles. The van der Waals surface area contributed by atoms with Crippen LogP contribution < -0.4 is 4.72 Å². The van der Waals surface area contributed by atoms with Crippen molar-refractivity contribution in [3.8, 4) is 17.1 Å². The summed E-state index contributed by atoms with van der Waals surface area (Å²) in [6.45, 7) is 3.55. The van der Waals surface area contributed by atoms with E-state index in [1.54, 1.807) is 56.5 Å². The first-order chi connectivity index (χ1) is 16.0. The van der Waals surface area contributed by atoms with Crippen LogP contribution in [-0.2, 0) is 21.0 Å². The summed E-state index contributed by atoms with van der Waals surface area (Å²) in [5, 5.41) is 0. The minimum absolute atomic E-state index is 0.0979. The Balaban J connectivity index is 1.84. The van der Waals surface area contributed by atoms with Crippen LogP contribution in [0.2, 0.25) is 0 Å². The smallest absolute Gasteiger partial charge is 0.299 e. The molecule has 2 heterocycles. The second-order valence-corrected chi connectivity index (χ2v) is 9.39. The Morgan fingerprint density at radius 3 is 2.50 bits per heavy atom. The highest BCUT2D eigenvalue weighted by atomic mass is 32.2. The summed E-state index contributed by atoms with van der Waals surface area (Å²) in [7, 11) is -3.79. The average Bonchev–Trinajstić information content (AvgIpc) is 3.20. The first-order valence-corrected chi connectivity index (χ1v) is 12.0. The second kappa shape index (κ2) is 10.2. The Labute approximate surface area is 195 Å². The third kappa shape index (κ3) is 6.53. The number of hydrogen-bond donors (Lipinski definition) is 1. The van der Waals surface area contributed by atoms with Crippen molar-refractivity contribution in [2.45, 2.75) is 32.9 Å². The van der Waals surface area contributed by atoms with Crippen LogP contribution in [-0.4, -0.2) is 34.6 Å². The third-order valence-corrected chi connectivity index (χ3v) is 5.84. The van der Waals surface area contributed by atoms with E-state index in [0.717, 1.165) is 11.8 Å². The van der Waals surface area contributed by atoms with Crippen molar-refractivity contribution >= 4 is 22.0 Å². The summed E-state index contributed by atoms with van der Waals surface area (Å²) < 4.78 is 67.2. The molecule has 7 nitrogen and oxygen atoms in total. The summed E-state index contributed by atoms with van der Waals surface area (Å²) in [6, 6.07) is 8.18. The van der Waals surface area contributed by atoms with Gasteiger partial charge in [-0.1, -0.05) is 31.2 Å². The third-order valence-electron chi connectivity index (χ3n) is 4.67. The standard InChI is InChI=1S/C23H23F3N4O3S/c1-3-5-21(31)29-34(32,33)11-4-6-17-7-9-19(10-8-17)30-15-20(23(24,25)26)28-22(30)18-12-16(2)13-27-14-18/h4,6-10,12-15H,3,5,11H2,1-2H3,(H,29,31). The van der Waals surface area contributed by atoms with Gasteiger partial charge in [0, 0.05) is 36.3 Å². The summed E-state index contributed by atoms with van der Waals surface area (Å²) in [5.74, 6) is -0.843. The summed E-state index contributed by atoms with van der Waals surface area (Å²) in [6.07, 6.45) is 2.95. The lowest BCUT2D eigenvalue weighted by atomic mass is 10.1. The van der Waals surface area contributed by atoms with Crippen LogP contribution >= 0.6 is 0 Å². The molecule has 2 aromatic heterocycles. The number of nitrogens with one attached hydrogen (secondary N) is 1. The topological polar surface area (TPSA) is 94.0 Å². The van der Waals surface area contributed by atoms with Crippen LogP contribution in [0.5, 0.6) is 0 Å². The van der Waals surface area contributed by atoms with Gasteiger partial charge in [-0.15, -0.1) is 0 Å². The van der Waals surface area contributed by atoms with Crippen molar-refractivity contribution < 1.29 is 26.4 Å². The van der Waals surface area contributed by atoms with Crippen LogP contribution in [0, 0.1) is 6.92 Å². The number of aromatic nitrogens is 3. The predicted molar refractivity (Wildman–Crippen MR) is 122 cm³/mol. The first kappa shape index (κ1) is 25.2. The van der Waals surface area contributed by atoms with E-state index in [2.05, 4.69) is 9.97 Å². The molecule has 0 aliphatic rings. The SMILES string of the molecule is CCCC(=O)NS(=O)(=O)CC=Cc1ccc(-n2cc(C(F)(F)F)nc2-c2cncc(C)c2)cc1. The molecule has 1 aromatic carbocycles. The highest BCUT2D eigenvalue weighted by Gasteiger charge is 2.35. The number of rotatable bonds is 8. The maximum absolute atomic E-state index is 13.3. The van der Waals surface area contributed by atoms with Crippen LogP contribution in [0.3, 0.4) is 0 Å². The van der Waals surface area contributed by atoms with Gasteiger partial charge < -0.3 is 0 Å². The molecule has 0 atom stereocenters. The highest BCUT2D eigenvalue weighted by molar-refractivity contribution is 7.90. The first-order valence-electron chi connectivity index (χ1n) is 10.4. The van der Waals surface area contributed by atoms with Crippen molar-refractivity contribution in [1.82, 2.24) is 19.3 Å². The maximum atomic E-state index is 13.3. The van der Waals surface area contributed by atoms with Gasteiger partial charge in [-0.3, -0.25) is 19.1 Å². The van der Waals surface area contributed by atoms with Crippen LogP contribution in [0.25, 0.3) is 23.2 Å². The minimum Gasteiger partial charge on any atom is -0.299 e. The zero-order valence-electron chi connectivity index (χ0n) is 18.5. The van der Waals surface area contributed by atoms with Crippen molar-refractivity contribution in [3.05, 3.63) is 71.8 Å².